The van der Waals surface area contributed by atoms with Crippen molar-refractivity contribution >= 4 is 5.97 Å². The lowest BCUT2D eigenvalue weighted by Gasteiger charge is -2.21. The Labute approximate surface area is 155 Å². The molecule has 1 saturated carbocycles. The zero-order chi connectivity index (χ0) is 19.6. The number of ether oxygens (including phenoxy) is 2. The molecule has 27 heavy (non-hydrogen) atoms. The number of hydrogen-bond donors (Lipinski definition) is 0. The summed E-state index contributed by atoms with van der Waals surface area (Å²) >= 11 is 0. The molecule has 0 bridgehead atoms. The molecule has 2 aromatic rings. The van der Waals surface area contributed by atoms with E-state index in [1.165, 1.54) is 18.5 Å². The smallest absolute Gasteiger partial charge is 0.429 e. The molecule has 0 amide bonds. The molecular formula is C19H21F3N2O3. The standard InChI is InChI=1S/C19H21F3N2O3/c1-12-17(13(2)24(23-12)15-6-4-3-5-7-15)18(19(20,21)22)27-16(25)11-26-10-14-8-9-14/h3-7,14,18H,8-11H2,1-2H3/t18-/m1/s1. The minimum atomic E-state index is -4.76. The number of rotatable bonds is 7. The number of para-hydroxylation sites is 1. The van der Waals surface area contributed by atoms with Crippen molar-refractivity contribution in [2.75, 3.05) is 13.2 Å². The first-order chi connectivity index (χ1) is 12.8. The van der Waals surface area contributed by atoms with Crippen LogP contribution in [0.5, 0.6) is 0 Å². The summed E-state index contributed by atoms with van der Waals surface area (Å²) in [7, 11) is 0. The molecule has 146 valence electrons. The van der Waals surface area contributed by atoms with Gasteiger partial charge in [0.15, 0.2) is 0 Å². The van der Waals surface area contributed by atoms with Crippen LogP contribution < -0.4 is 0 Å². The number of hydrogen-bond acceptors (Lipinski definition) is 4. The molecule has 1 aliphatic rings. The number of carbonyl (C=O) groups is 1. The summed E-state index contributed by atoms with van der Waals surface area (Å²) < 4.78 is 52.3. The number of benzene rings is 1. The number of nitrogens with zero attached hydrogens (tertiary/aromatic N) is 2. The van der Waals surface area contributed by atoms with Crippen molar-refractivity contribution in [3.8, 4) is 5.69 Å². The van der Waals surface area contributed by atoms with Crippen molar-refractivity contribution in [3.63, 3.8) is 0 Å². The first-order valence-corrected chi connectivity index (χ1v) is 8.73. The highest BCUT2D eigenvalue weighted by atomic mass is 19.4. The number of aryl methyl sites for hydroxylation is 1. The van der Waals surface area contributed by atoms with Crippen LogP contribution >= 0.6 is 0 Å². The van der Waals surface area contributed by atoms with Crippen molar-refractivity contribution in [2.24, 2.45) is 5.92 Å². The molecule has 1 aromatic carbocycles. The van der Waals surface area contributed by atoms with Gasteiger partial charge in [-0.25, -0.2) is 9.48 Å². The highest BCUT2D eigenvalue weighted by Crippen LogP contribution is 2.39. The van der Waals surface area contributed by atoms with E-state index in [1.807, 2.05) is 0 Å². The fourth-order valence-corrected chi connectivity index (χ4v) is 2.90. The fourth-order valence-electron chi connectivity index (χ4n) is 2.90. The van der Waals surface area contributed by atoms with Crippen molar-refractivity contribution in [1.29, 1.82) is 0 Å². The first kappa shape index (κ1) is 19.4. The van der Waals surface area contributed by atoms with Gasteiger partial charge in [-0.05, 0) is 44.7 Å². The summed E-state index contributed by atoms with van der Waals surface area (Å²) in [5.41, 5.74) is 0.907. The van der Waals surface area contributed by atoms with Gasteiger partial charge in [0.2, 0.25) is 6.10 Å². The molecule has 8 heteroatoms. The fraction of sp³-hybridized carbons (Fsp3) is 0.474. The topological polar surface area (TPSA) is 53.4 Å². The molecule has 1 aliphatic carbocycles. The van der Waals surface area contributed by atoms with E-state index in [2.05, 4.69) is 5.10 Å². The van der Waals surface area contributed by atoms with Crippen LogP contribution in [0, 0.1) is 19.8 Å². The van der Waals surface area contributed by atoms with Gasteiger partial charge in [0, 0.05) is 11.3 Å². The molecule has 0 saturated heterocycles. The summed E-state index contributed by atoms with van der Waals surface area (Å²) in [5.74, 6) is -0.631. The van der Waals surface area contributed by atoms with Gasteiger partial charge in [0.25, 0.3) is 0 Å². The van der Waals surface area contributed by atoms with E-state index in [0.29, 0.717) is 18.2 Å². The second-order valence-electron chi connectivity index (χ2n) is 6.70. The predicted molar refractivity (Wildman–Crippen MR) is 91.5 cm³/mol. The van der Waals surface area contributed by atoms with Crippen LogP contribution in [-0.4, -0.2) is 35.1 Å². The molecule has 1 heterocycles. The Morgan fingerprint density at radius 3 is 2.52 bits per heavy atom. The quantitative estimate of drug-likeness (QED) is 0.678. The Morgan fingerprint density at radius 2 is 1.93 bits per heavy atom. The second kappa shape index (κ2) is 7.72. The van der Waals surface area contributed by atoms with E-state index in [1.54, 1.807) is 30.3 Å². The molecule has 1 aromatic heterocycles. The molecular weight excluding hydrogens is 361 g/mol. The van der Waals surface area contributed by atoms with Gasteiger partial charge in [-0.3, -0.25) is 0 Å². The van der Waals surface area contributed by atoms with E-state index in [0.717, 1.165) is 12.8 Å². The average molecular weight is 382 g/mol. The summed E-state index contributed by atoms with van der Waals surface area (Å²) in [6.07, 6.45) is -5.09. The van der Waals surface area contributed by atoms with E-state index >= 15 is 0 Å². The minimum absolute atomic E-state index is 0.151. The van der Waals surface area contributed by atoms with Gasteiger partial charge in [-0.1, -0.05) is 18.2 Å². The Kier molecular flexibility index (Phi) is 5.55. The summed E-state index contributed by atoms with van der Waals surface area (Å²) in [6, 6.07) is 8.82. The van der Waals surface area contributed by atoms with E-state index in [4.69, 9.17) is 9.47 Å². The van der Waals surface area contributed by atoms with Gasteiger partial charge in [0.05, 0.1) is 18.0 Å². The van der Waals surface area contributed by atoms with Crippen LogP contribution in [0.3, 0.4) is 0 Å². The molecule has 0 spiro atoms. The number of aromatic nitrogens is 2. The maximum atomic E-state index is 13.6. The van der Waals surface area contributed by atoms with Crippen molar-refractivity contribution in [1.82, 2.24) is 9.78 Å². The molecule has 3 rings (SSSR count). The Morgan fingerprint density at radius 1 is 1.26 bits per heavy atom. The van der Waals surface area contributed by atoms with Crippen LogP contribution in [0.2, 0.25) is 0 Å². The van der Waals surface area contributed by atoms with E-state index in [9.17, 15) is 18.0 Å². The molecule has 0 N–H and O–H groups in total. The molecule has 0 unspecified atom stereocenters. The van der Waals surface area contributed by atoms with Crippen LogP contribution in [0.1, 0.15) is 35.9 Å². The lowest BCUT2D eigenvalue weighted by Crippen LogP contribution is -2.29. The van der Waals surface area contributed by atoms with Crippen LogP contribution in [-0.2, 0) is 14.3 Å². The minimum Gasteiger partial charge on any atom is -0.446 e. The molecule has 0 aliphatic heterocycles. The molecule has 5 nitrogen and oxygen atoms in total. The van der Waals surface area contributed by atoms with Crippen LogP contribution in [0.15, 0.2) is 30.3 Å². The van der Waals surface area contributed by atoms with Gasteiger partial charge in [-0.15, -0.1) is 0 Å². The van der Waals surface area contributed by atoms with Crippen molar-refractivity contribution in [3.05, 3.63) is 47.3 Å². The third-order valence-electron chi connectivity index (χ3n) is 4.43. The van der Waals surface area contributed by atoms with E-state index in [-0.39, 0.29) is 17.0 Å². The zero-order valence-corrected chi connectivity index (χ0v) is 15.1. The Hall–Kier alpha value is -2.35. The Balaban J connectivity index is 1.82. The summed E-state index contributed by atoms with van der Waals surface area (Å²) in [5, 5.41) is 4.21. The van der Waals surface area contributed by atoms with Gasteiger partial charge < -0.3 is 9.47 Å². The summed E-state index contributed by atoms with van der Waals surface area (Å²) in [6.45, 7) is 2.88. The van der Waals surface area contributed by atoms with Gasteiger partial charge >= 0.3 is 12.1 Å². The number of halogens is 3. The van der Waals surface area contributed by atoms with Gasteiger partial charge in [-0.2, -0.15) is 18.3 Å². The number of esters is 1. The third kappa shape index (κ3) is 4.68. The Bertz CT molecular complexity index is 799. The normalized spacial score (nSPS) is 15.6. The largest absolute Gasteiger partial charge is 0.446 e. The molecule has 0 radical (unpaired) electrons. The maximum Gasteiger partial charge on any atom is 0.429 e. The first-order valence-electron chi connectivity index (χ1n) is 8.73. The maximum absolute atomic E-state index is 13.6. The number of carbonyl (C=O) groups excluding carboxylic acids is 1. The monoisotopic (exact) mass is 382 g/mol. The molecule has 1 fully saturated rings. The zero-order valence-electron chi connectivity index (χ0n) is 15.1. The lowest BCUT2D eigenvalue weighted by molar-refractivity contribution is -0.226. The van der Waals surface area contributed by atoms with Gasteiger partial charge in [0.1, 0.15) is 6.61 Å². The van der Waals surface area contributed by atoms with Crippen LogP contribution in [0.4, 0.5) is 13.2 Å². The van der Waals surface area contributed by atoms with E-state index < -0.39 is 24.9 Å². The number of alkyl halides is 3. The third-order valence-corrected chi connectivity index (χ3v) is 4.43. The predicted octanol–water partition coefficient (Wildman–Crippen LogP) is 4.06. The van der Waals surface area contributed by atoms with Crippen molar-refractivity contribution < 1.29 is 27.4 Å². The molecule has 1 atom stereocenters. The average Bonchev–Trinajstić information content (AvgIpc) is 3.38. The summed E-state index contributed by atoms with van der Waals surface area (Å²) in [4.78, 5) is 11.9. The highest BCUT2D eigenvalue weighted by molar-refractivity contribution is 5.71. The van der Waals surface area contributed by atoms with Crippen LogP contribution in [0.25, 0.3) is 5.69 Å². The highest BCUT2D eigenvalue weighted by Gasteiger charge is 2.47. The SMILES string of the molecule is Cc1nn(-c2ccccc2)c(C)c1[C@@H](OC(=O)COCC1CC1)C(F)(F)F. The van der Waals surface area contributed by atoms with Crippen molar-refractivity contribution in [2.45, 2.75) is 39.0 Å². The second-order valence-corrected chi connectivity index (χ2v) is 6.70. The lowest BCUT2D eigenvalue weighted by atomic mass is 10.1.